The molecule has 0 amide bonds. The highest BCUT2D eigenvalue weighted by atomic mass is 16.7. The van der Waals surface area contributed by atoms with Crippen LogP contribution in [0.1, 0.15) is 13.8 Å². The van der Waals surface area contributed by atoms with E-state index in [0.717, 1.165) is 6.92 Å². The Kier molecular flexibility index (Phi) is 2.93. The Bertz CT molecular complexity index is 242. The third-order valence-electron chi connectivity index (χ3n) is 2.43. The number of hydrogen-bond acceptors (Lipinski definition) is 6. The molecule has 1 unspecified atom stereocenters. The number of aliphatic hydroxyl groups excluding tert-OH is 3. The van der Waals surface area contributed by atoms with Gasteiger partial charge in [-0.15, -0.1) is 0 Å². The summed E-state index contributed by atoms with van der Waals surface area (Å²) in [6.45, 7) is 2.41. The van der Waals surface area contributed by atoms with E-state index in [4.69, 9.17) is 4.74 Å². The lowest BCUT2D eigenvalue weighted by Crippen LogP contribution is -2.66. The standard InChI is InChI=1S/C8H14O6/c1-3-5(10)6(11)7(12)8(13,14-3)4(2)9/h3,5-7,10-13H,1-2H3/t3-,5-,6+,7+,8?/m0/s1. The molecule has 0 aliphatic carbocycles. The molecule has 1 aliphatic rings. The summed E-state index contributed by atoms with van der Waals surface area (Å²) in [6, 6.07) is 0. The topological polar surface area (TPSA) is 107 Å². The smallest absolute Gasteiger partial charge is 0.256 e. The number of aliphatic hydroxyl groups is 4. The van der Waals surface area contributed by atoms with Crippen molar-refractivity contribution in [2.75, 3.05) is 0 Å². The van der Waals surface area contributed by atoms with Crippen LogP contribution in [0.3, 0.4) is 0 Å². The van der Waals surface area contributed by atoms with Crippen LogP contribution in [0.25, 0.3) is 0 Å². The van der Waals surface area contributed by atoms with Crippen molar-refractivity contribution in [2.45, 2.75) is 44.1 Å². The van der Waals surface area contributed by atoms with E-state index < -0.39 is 36.0 Å². The summed E-state index contributed by atoms with van der Waals surface area (Å²) in [5, 5.41) is 37.5. The van der Waals surface area contributed by atoms with Crippen LogP contribution in [0.4, 0.5) is 0 Å². The molecule has 0 aromatic rings. The fraction of sp³-hybridized carbons (Fsp3) is 0.875. The molecule has 1 rings (SSSR count). The SMILES string of the molecule is CC(=O)C1(O)O[C@@H](C)[C@H](O)[C@@H](O)[C@H]1O. The number of ketones is 1. The molecule has 0 saturated carbocycles. The van der Waals surface area contributed by atoms with Crippen molar-refractivity contribution in [3.63, 3.8) is 0 Å². The Morgan fingerprint density at radius 2 is 1.79 bits per heavy atom. The van der Waals surface area contributed by atoms with Crippen molar-refractivity contribution >= 4 is 5.78 Å². The monoisotopic (exact) mass is 206 g/mol. The second-order valence-electron chi connectivity index (χ2n) is 3.50. The van der Waals surface area contributed by atoms with Gasteiger partial charge in [-0.25, -0.2) is 0 Å². The maximum Gasteiger partial charge on any atom is 0.256 e. The summed E-state index contributed by atoms with van der Waals surface area (Å²) in [5.41, 5.74) is 0. The molecule has 14 heavy (non-hydrogen) atoms. The first-order chi connectivity index (χ1) is 6.30. The fourth-order valence-corrected chi connectivity index (χ4v) is 1.41. The van der Waals surface area contributed by atoms with Gasteiger partial charge in [-0.2, -0.15) is 0 Å². The number of rotatable bonds is 1. The normalized spacial score (nSPS) is 49.0. The second-order valence-corrected chi connectivity index (χ2v) is 3.50. The van der Waals surface area contributed by atoms with Gasteiger partial charge in [0.2, 0.25) is 0 Å². The molecule has 6 heteroatoms. The lowest BCUT2D eigenvalue weighted by atomic mass is 9.91. The molecule has 1 fully saturated rings. The zero-order valence-electron chi connectivity index (χ0n) is 7.91. The van der Waals surface area contributed by atoms with E-state index in [1.807, 2.05) is 0 Å². The molecule has 6 nitrogen and oxygen atoms in total. The Hall–Kier alpha value is -0.530. The number of Topliss-reactive ketones (excluding diaryl/α,β-unsaturated/α-hetero) is 1. The predicted molar refractivity (Wildman–Crippen MR) is 44.2 cm³/mol. The third kappa shape index (κ3) is 1.55. The van der Waals surface area contributed by atoms with Gasteiger partial charge >= 0.3 is 0 Å². The Morgan fingerprint density at radius 3 is 2.21 bits per heavy atom. The average Bonchev–Trinajstić information content (AvgIpc) is 2.11. The summed E-state index contributed by atoms with van der Waals surface area (Å²) < 4.78 is 4.78. The highest BCUT2D eigenvalue weighted by Gasteiger charge is 2.54. The van der Waals surface area contributed by atoms with Crippen LogP contribution >= 0.6 is 0 Å². The van der Waals surface area contributed by atoms with Crippen LogP contribution in [0, 0.1) is 0 Å². The summed E-state index contributed by atoms with van der Waals surface area (Å²) in [4.78, 5) is 11.0. The maximum absolute atomic E-state index is 11.0. The lowest BCUT2D eigenvalue weighted by Gasteiger charge is -2.43. The molecule has 1 aliphatic heterocycles. The van der Waals surface area contributed by atoms with Gasteiger partial charge in [0, 0.05) is 6.92 Å². The summed E-state index contributed by atoms with van der Waals surface area (Å²) >= 11 is 0. The van der Waals surface area contributed by atoms with Crippen LogP contribution in [-0.2, 0) is 9.53 Å². The van der Waals surface area contributed by atoms with E-state index in [-0.39, 0.29) is 0 Å². The van der Waals surface area contributed by atoms with Crippen molar-refractivity contribution in [1.82, 2.24) is 0 Å². The molecule has 0 spiro atoms. The Morgan fingerprint density at radius 1 is 1.29 bits per heavy atom. The van der Waals surface area contributed by atoms with Gasteiger partial charge in [0.1, 0.15) is 18.3 Å². The minimum absolute atomic E-state index is 0.817. The molecule has 0 aromatic heterocycles. The third-order valence-corrected chi connectivity index (χ3v) is 2.43. The highest BCUT2D eigenvalue weighted by molar-refractivity contribution is 5.84. The van der Waals surface area contributed by atoms with Gasteiger partial charge in [-0.1, -0.05) is 0 Å². The molecule has 1 saturated heterocycles. The average molecular weight is 206 g/mol. The van der Waals surface area contributed by atoms with E-state index in [9.17, 15) is 25.2 Å². The second kappa shape index (κ2) is 3.56. The lowest BCUT2D eigenvalue weighted by molar-refractivity contribution is -0.323. The van der Waals surface area contributed by atoms with Crippen LogP contribution < -0.4 is 0 Å². The van der Waals surface area contributed by atoms with Crippen LogP contribution in [-0.4, -0.2) is 56.4 Å². The molecular formula is C8H14O6. The van der Waals surface area contributed by atoms with Gasteiger partial charge in [-0.05, 0) is 6.92 Å². The molecule has 0 aromatic carbocycles. The molecule has 0 radical (unpaired) electrons. The summed E-state index contributed by atoms with van der Waals surface area (Å²) in [6.07, 6.45) is -5.70. The molecular weight excluding hydrogens is 192 g/mol. The summed E-state index contributed by atoms with van der Waals surface area (Å²) in [7, 11) is 0. The number of carbonyl (C=O) groups is 1. The van der Waals surface area contributed by atoms with Crippen molar-refractivity contribution < 1.29 is 30.0 Å². The fourth-order valence-electron chi connectivity index (χ4n) is 1.41. The van der Waals surface area contributed by atoms with Crippen molar-refractivity contribution in [3.05, 3.63) is 0 Å². The van der Waals surface area contributed by atoms with Gasteiger partial charge in [-0.3, -0.25) is 4.79 Å². The highest BCUT2D eigenvalue weighted by Crippen LogP contribution is 2.28. The Balaban J connectivity index is 2.96. The molecule has 5 atom stereocenters. The van der Waals surface area contributed by atoms with Crippen LogP contribution in [0.2, 0.25) is 0 Å². The van der Waals surface area contributed by atoms with Gasteiger partial charge in [0.05, 0.1) is 6.10 Å². The number of hydrogen-bond donors (Lipinski definition) is 4. The van der Waals surface area contributed by atoms with E-state index in [1.54, 1.807) is 0 Å². The van der Waals surface area contributed by atoms with Crippen LogP contribution in [0.15, 0.2) is 0 Å². The van der Waals surface area contributed by atoms with Crippen molar-refractivity contribution in [2.24, 2.45) is 0 Å². The van der Waals surface area contributed by atoms with Gasteiger partial charge in [0.15, 0.2) is 5.78 Å². The van der Waals surface area contributed by atoms with Crippen molar-refractivity contribution in [3.8, 4) is 0 Å². The first-order valence-corrected chi connectivity index (χ1v) is 4.26. The van der Waals surface area contributed by atoms with Gasteiger partial charge < -0.3 is 25.2 Å². The maximum atomic E-state index is 11.0. The number of ether oxygens (including phenoxy) is 1. The predicted octanol–water partition coefficient (Wildman–Crippen LogP) is -2.23. The van der Waals surface area contributed by atoms with E-state index in [0.29, 0.717) is 0 Å². The molecule has 0 bridgehead atoms. The molecule has 82 valence electrons. The van der Waals surface area contributed by atoms with E-state index in [2.05, 4.69) is 0 Å². The minimum Gasteiger partial charge on any atom is -0.388 e. The zero-order valence-corrected chi connectivity index (χ0v) is 7.91. The van der Waals surface area contributed by atoms with E-state index >= 15 is 0 Å². The molecule has 4 N–H and O–H groups in total. The molecule has 1 heterocycles. The van der Waals surface area contributed by atoms with Gasteiger partial charge in [0.25, 0.3) is 5.79 Å². The largest absolute Gasteiger partial charge is 0.388 e. The van der Waals surface area contributed by atoms with Crippen LogP contribution in [0.5, 0.6) is 0 Å². The quantitative estimate of drug-likeness (QED) is 0.386. The Labute approximate surface area is 80.7 Å². The number of carbonyl (C=O) groups excluding carboxylic acids is 1. The first kappa shape index (κ1) is 11.5. The van der Waals surface area contributed by atoms with Crippen molar-refractivity contribution in [1.29, 1.82) is 0 Å². The zero-order chi connectivity index (χ0) is 11.1. The first-order valence-electron chi connectivity index (χ1n) is 4.26. The van der Waals surface area contributed by atoms with E-state index in [1.165, 1.54) is 6.92 Å². The summed E-state index contributed by atoms with van der Waals surface area (Å²) in [5.74, 6) is -3.25. The minimum atomic E-state index is -2.43.